The lowest BCUT2D eigenvalue weighted by Gasteiger charge is -2.31. The number of hydrogen-bond donors (Lipinski definition) is 0. The van der Waals surface area contributed by atoms with E-state index in [0.717, 1.165) is 4.90 Å². The molecule has 23 heavy (non-hydrogen) atoms. The Hall–Kier alpha value is -1.47. The lowest BCUT2D eigenvalue weighted by atomic mass is 10.0. The average Bonchev–Trinajstić information content (AvgIpc) is 2.53. The Bertz CT molecular complexity index is 563. The van der Waals surface area contributed by atoms with Gasteiger partial charge in [0.2, 0.25) is 5.91 Å². The number of hydrogen-bond acceptors (Lipinski definition) is 3. The molecule has 1 aliphatic heterocycles. The van der Waals surface area contributed by atoms with Gasteiger partial charge in [0.05, 0.1) is 18.0 Å². The molecular weight excluding hydrogens is 372 g/mol. The van der Waals surface area contributed by atoms with Crippen LogP contribution in [-0.2, 0) is 9.53 Å². The highest BCUT2D eigenvalue weighted by Crippen LogP contribution is 2.30. The van der Waals surface area contributed by atoms with Crippen LogP contribution in [0.1, 0.15) is 12.0 Å². The van der Waals surface area contributed by atoms with Gasteiger partial charge < -0.3 is 14.4 Å². The number of ether oxygens (including phenoxy) is 2. The molecule has 1 aliphatic rings. The summed E-state index contributed by atoms with van der Waals surface area (Å²) < 4.78 is 35.9. The number of alkyl halides is 3. The minimum Gasteiger partial charge on any atom is -0.491 e. The van der Waals surface area contributed by atoms with Gasteiger partial charge in [-0.1, -0.05) is 22.0 Å². The van der Waals surface area contributed by atoms with Gasteiger partial charge in [-0.25, -0.2) is 8.78 Å². The second-order valence-electron chi connectivity index (χ2n) is 5.00. The summed E-state index contributed by atoms with van der Waals surface area (Å²) in [5.74, 6) is 0.315. The highest BCUT2D eigenvalue weighted by Gasteiger charge is 2.31. The molecule has 0 radical (unpaired) electrons. The predicted octanol–water partition coefficient (Wildman–Crippen LogP) is 3.31. The molecule has 4 nitrogen and oxygen atoms in total. The minimum atomic E-state index is -2.59. The molecule has 0 fully saturated rings. The molecule has 0 spiro atoms. The van der Waals surface area contributed by atoms with E-state index in [1.165, 1.54) is 0 Å². The second kappa shape index (κ2) is 8.40. The van der Waals surface area contributed by atoms with Crippen molar-refractivity contribution in [3.8, 4) is 5.75 Å². The van der Waals surface area contributed by atoms with Gasteiger partial charge >= 0.3 is 0 Å². The van der Waals surface area contributed by atoms with E-state index in [2.05, 4.69) is 15.9 Å². The van der Waals surface area contributed by atoms with E-state index in [1.807, 2.05) is 0 Å². The van der Waals surface area contributed by atoms with Gasteiger partial charge in [-0.15, -0.1) is 0 Å². The smallest absolute Gasteiger partial charge is 0.256 e. The first kappa shape index (κ1) is 17.9. The zero-order valence-corrected chi connectivity index (χ0v) is 14.3. The molecule has 0 N–H and O–H groups in total. The number of rotatable bonds is 7. The first-order chi connectivity index (χ1) is 11.0. The quantitative estimate of drug-likeness (QED) is 0.530. The maximum atomic E-state index is 12.8. The maximum Gasteiger partial charge on any atom is 0.256 e. The van der Waals surface area contributed by atoms with Crippen LogP contribution in [0.5, 0.6) is 5.75 Å². The van der Waals surface area contributed by atoms with Crippen LogP contribution < -0.4 is 4.74 Å². The fourth-order valence-corrected chi connectivity index (χ4v) is 2.71. The third-order valence-corrected chi connectivity index (χ3v) is 4.14. The molecule has 1 heterocycles. The van der Waals surface area contributed by atoms with Crippen molar-refractivity contribution >= 4 is 27.5 Å². The Labute approximate surface area is 142 Å². The van der Waals surface area contributed by atoms with E-state index in [0.29, 0.717) is 36.6 Å². The maximum absolute atomic E-state index is 12.8. The summed E-state index contributed by atoms with van der Waals surface area (Å²) in [6, 6.07) is 7.01. The number of allylic oxidation sites excluding steroid dienone is 1. The van der Waals surface area contributed by atoms with Gasteiger partial charge in [0, 0.05) is 12.8 Å². The third kappa shape index (κ3) is 4.75. The predicted molar refractivity (Wildman–Crippen MR) is 86.8 cm³/mol. The fourth-order valence-electron chi connectivity index (χ4n) is 2.28. The topological polar surface area (TPSA) is 38.8 Å². The number of benzene rings is 1. The van der Waals surface area contributed by atoms with Crippen molar-refractivity contribution in [1.82, 2.24) is 4.90 Å². The highest BCUT2D eigenvalue weighted by molar-refractivity contribution is 9.10. The number of methoxy groups -OCH3 is 1. The zero-order chi connectivity index (χ0) is 16.8. The van der Waals surface area contributed by atoms with E-state index in [-0.39, 0.29) is 5.91 Å². The lowest BCUT2D eigenvalue weighted by Crippen LogP contribution is -2.40. The summed E-state index contributed by atoms with van der Waals surface area (Å²) in [4.78, 5) is 12.8. The van der Waals surface area contributed by atoms with Crippen molar-refractivity contribution in [3.05, 3.63) is 35.9 Å². The molecule has 0 saturated heterocycles. The summed E-state index contributed by atoms with van der Waals surface area (Å²) in [6.07, 6.45) is -0.318. The Morgan fingerprint density at radius 1 is 1.30 bits per heavy atom. The van der Waals surface area contributed by atoms with Crippen molar-refractivity contribution in [2.75, 3.05) is 26.9 Å². The molecular formula is C16H18BrF2NO3. The normalized spacial score (nSPS) is 18.3. The number of carbonyl (C=O) groups is 1. The van der Waals surface area contributed by atoms with Crippen molar-refractivity contribution in [1.29, 1.82) is 0 Å². The zero-order valence-electron chi connectivity index (χ0n) is 12.7. The molecule has 1 aromatic rings. The van der Waals surface area contributed by atoms with Crippen LogP contribution in [0.15, 0.2) is 30.3 Å². The summed E-state index contributed by atoms with van der Waals surface area (Å²) in [6.45, 7) is 0.300. The van der Waals surface area contributed by atoms with Crippen LogP contribution in [0.4, 0.5) is 8.78 Å². The Kier molecular flexibility index (Phi) is 6.53. The van der Waals surface area contributed by atoms with Crippen LogP contribution in [0.2, 0.25) is 0 Å². The van der Waals surface area contributed by atoms with Crippen molar-refractivity contribution in [2.24, 2.45) is 0 Å². The molecule has 2 rings (SSSR count). The molecule has 126 valence electrons. The van der Waals surface area contributed by atoms with Crippen LogP contribution in [0, 0.1) is 0 Å². The van der Waals surface area contributed by atoms with Gasteiger partial charge in [-0.3, -0.25) is 4.79 Å². The second-order valence-corrected chi connectivity index (χ2v) is 6.10. The molecule has 0 bridgehead atoms. The summed E-state index contributed by atoms with van der Waals surface area (Å²) >= 11 is 3.22. The lowest BCUT2D eigenvalue weighted by molar-refractivity contribution is -0.129. The fraction of sp³-hybridized carbons (Fsp3) is 0.438. The number of carbonyl (C=O) groups excluding carboxylic acids is 1. The molecule has 0 saturated carbocycles. The van der Waals surface area contributed by atoms with E-state index < -0.39 is 17.8 Å². The standard InChI is InChI=1S/C16H18BrF2NO3/c1-22-8-9-23-12-4-2-11(3-5-12)14-7-6-13(17)16(21)20(14)10-15(18)19/h2-5,7,13,15H,6,8-10H2,1H3. The van der Waals surface area contributed by atoms with Crippen LogP contribution >= 0.6 is 15.9 Å². The Morgan fingerprint density at radius 2 is 2.00 bits per heavy atom. The SMILES string of the molecule is COCCOc1ccc(C2=CCC(Br)C(=O)N2CC(F)F)cc1. The van der Waals surface area contributed by atoms with E-state index in [9.17, 15) is 13.6 Å². The van der Waals surface area contributed by atoms with E-state index in [1.54, 1.807) is 37.5 Å². The number of nitrogens with zero attached hydrogens (tertiary/aromatic N) is 1. The molecule has 0 aromatic heterocycles. The monoisotopic (exact) mass is 389 g/mol. The van der Waals surface area contributed by atoms with Gasteiger partial charge in [-0.2, -0.15) is 0 Å². The van der Waals surface area contributed by atoms with Crippen LogP contribution in [0.25, 0.3) is 5.70 Å². The van der Waals surface area contributed by atoms with E-state index in [4.69, 9.17) is 9.47 Å². The molecule has 1 atom stereocenters. The van der Waals surface area contributed by atoms with Gasteiger partial charge in [0.25, 0.3) is 6.43 Å². The summed E-state index contributed by atoms with van der Waals surface area (Å²) in [5.41, 5.74) is 1.21. The van der Waals surface area contributed by atoms with Crippen molar-refractivity contribution in [2.45, 2.75) is 17.7 Å². The van der Waals surface area contributed by atoms with E-state index >= 15 is 0 Å². The van der Waals surface area contributed by atoms with Gasteiger partial charge in [0.15, 0.2) is 0 Å². The Balaban J connectivity index is 2.15. The summed E-state index contributed by atoms with van der Waals surface area (Å²) in [5, 5.41) is 0. The molecule has 1 aromatic carbocycles. The van der Waals surface area contributed by atoms with Crippen molar-refractivity contribution < 1.29 is 23.0 Å². The number of halogens is 3. The largest absolute Gasteiger partial charge is 0.491 e. The van der Waals surface area contributed by atoms with Crippen LogP contribution in [-0.4, -0.2) is 48.9 Å². The van der Waals surface area contributed by atoms with Gasteiger partial charge in [0.1, 0.15) is 12.4 Å². The first-order valence-corrected chi connectivity index (χ1v) is 8.10. The Morgan fingerprint density at radius 3 is 2.61 bits per heavy atom. The third-order valence-electron chi connectivity index (χ3n) is 3.37. The molecule has 1 unspecified atom stereocenters. The first-order valence-electron chi connectivity index (χ1n) is 7.19. The molecule has 1 amide bonds. The minimum absolute atomic E-state index is 0.344. The highest BCUT2D eigenvalue weighted by atomic mass is 79.9. The summed E-state index contributed by atoms with van der Waals surface area (Å²) in [7, 11) is 1.59. The number of amides is 1. The van der Waals surface area contributed by atoms with Crippen LogP contribution in [0.3, 0.4) is 0 Å². The van der Waals surface area contributed by atoms with Crippen molar-refractivity contribution in [3.63, 3.8) is 0 Å². The average molecular weight is 390 g/mol. The molecule has 0 aliphatic carbocycles. The molecule has 7 heteroatoms. The van der Waals surface area contributed by atoms with Gasteiger partial charge in [-0.05, 0) is 36.2 Å².